The number of rotatable bonds is 14. The molecule has 0 amide bonds. The molecule has 0 saturated carbocycles. The highest BCUT2D eigenvalue weighted by Crippen LogP contribution is 2.45. The summed E-state index contributed by atoms with van der Waals surface area (Å²) in [6.45, 7) is 4.27. The van der Waals surface area contributed by atoms with Crippen LogP contribution in [0.4, 0.5) is 34.1 Å². The highest BCUT2D eigenvalue weighted by atomic mass is 32.1. The number of fused-ring (bicyclic) bond motifs is 12. The normalized spacial score (nSPS) is 11.5. The van der Waals surface area contributed by atoms with Gasteiger partial charge in [0.05, 0.1) is 22.1 Å². The molecule has 5 nitrogen and oxygen atoms in total. The summed E-state index contributed by atoms with van der Waals surface area (Å²) in [7, 11) is 0. The van der Waals surface area contributed by atoms with E-state index in [0.29, 0.717) is 0 Å². The Morgan fingerprint density at radius 2 is 0.483 bits per heavy atom. The zero-order chi connectivity index (χ0) is 77.2. The molecule has 116 heavy (non-hydrogen) atoms. The van der Waals surface area contributed by atoms with Crippen molar-refractivity contribution >= 4 is 131 Å². The van der Waals surface area contributed by atoms with Crippen molar-refractivity contribution in [2.75, 3.05) is 9.80 Å². The second-order valence-electron chi connectivity index (χ2n) is 30.1. The van der Waals surface area contributed by atoms with Crippen LogP contribution >= 0.6 is 11.3 Å². The predicted molar refractivity (Wildman–Crippen MR) is 493 cm³/mol. The van der Waals surface area contributed by atoms with E-state index in [-0.39, 0.29) is 0 Å². The van der Waals surface area contributed by atoms with Gasteiger partial charge in [0.15, 0.2) is 0 Å². The van der Waals surface area contributed by atoms with E-state index < -0.39 is 0 Å². The van der Waals surface area contributed by atoms with Crippen molar-refractivity contribution in [1.82, 2.24) is 9.13 Å². The number of aryl methyl sites for hydroxylation is 2. The van der Waals surface area contributed by atoms with E-state index in [4.69, 9.17) is 4.42 Å². The molecule has 6 heteroatoms. The summed E-state index contributed by atoms with van der Waals surface area (Å²) in [5, 5.41) is 9.92. The molecule has 0 radical (unpaired) electrons. The van der Waals surface area contributed by atoms with E-state index in [9.17, 15) is 0 Å². The first-order chi connectivity index (χ1) is 57.3. The van der Waals surface area contributed by atoms with Crippen LogP contribution in [0, 0.1) is 13.8 Å². The Labute approximate surface area is 677 Å². The van der Waals surface area contributed by atoms with Gasteiger partial charge in [-0.2, -0.15) is 0 Å². The minimum absolute atomic E-state index is 0.907. The second-order valence-corrected chi connectivity index (χ2v) is 31.2. The van der Waals surface area contributed by atoms with Crippen LogP contribution in [0.3, 0.4) is 0 Å². The third kappa shape index (κ3) is 12.8. The lowest BCUT2D eigenvalue weighted by molar-refractivity contribution is 0.669. The first kappa shape index (κ1) is 69.2. The standard InChI is InChI=1S/C55H38N2O.C55H38N2S/c2*1-37-15-25-47(26-16-37)57-52-13-7-5-11-48(52)50-35-42(23-33-53(50)57)40-19-29-45(30-20-40)56(44-27-17-39(18-28-44)38-9-3-2-4-10-38)46-31-21-41(22-32-46)43-24-34-55-51(36-43)49-12-6-8-14-54(49)58-55/h2*2-36H,1H3. The fourth-order valence-electron chi connectivity index (χ4n) is 17.0. The number of hydrogen-bond acceptors (Lipinski definition) is 4. The number of nitrogens with zero attached hydrogens (tertiary/aromatic N) is 4. The van der Waals surface area contributed by atoms with E-state index in [2.05, 4.69) is 445 Å². The summed E-state index contributed by atoms with van der Waals surface area (Å²) in [5.41, 5.74) is 32.4. The molecule has 0 aliphatic rings. The number of hydrogen-bond donors (Lipinski definition) is 0. The van der Waals surface area contributed by atoms with Gasteiger partial charge in [-0.25, -0.2) is 0 Å². The van der Waals surface area contributed by atoms with Crippen LogP contribution in [0.25, 0.3) is 164 Å². The van der Waals surface area contributed by atoms with Crippen molar-refractivity contribution in [3.05, 3.63) is 436 Å². The molecule has 0 aliphatic carbocycles. The van der Waals surface area contributed by atoms with Gasteiger partial charge in [0.1, 0.15) is 11.2 Å². The molecule has 0 N–H and O–H groups in total. The maximum atomic E-state index is 6.11. The van der Waals surface area contributed by atoms with Gasteiger partial charge in [0.2, 0.25) is 0 Å². The molecular formula is C110H76N4OS. The molecule has 0 fully saturated rings. The van der Waals surface area contributed by atoms with Gasteiger partial charge < -0.3 is 23.4 Å². The Morgan fingerprint density at radius 3 is 0.905 bits per heavy atom. The Bertz CT molecular complexity index is 6940. The molecule has 22 rings (SSSR count). The van der Waals surface area contributed by atoms with Crippen LogP contribution in [-0.4, -0.2) is 9.13 Å². The number of benzene rings is 18. The minimum Gasteiger partial charge on any atom is -0.456 e. The van der Waals surface area contributed by atoms with Crippen molar-refractivity contribution in [1.29, 1.82) is 0 Å². The molecule has 4 aromatic heterocycles. The maximum Gasteiger partial charge on any atom is 0.135 e. The average molecular weight is 1500 g/mol. The summed E-state index contributed by atoms with van der Waals surface area (Å²) in [6, 6.07) is 154. The van der Waals surface area contributed by atoms with Crippen molar-refractivity contribution < 1.29 is 4.42 Å². The molecule has 0 unspecified atom stereocenters. The van der Waals surface area contributed by atoms with Gasteiger partial charge in [-0.1, -0.05) is 266 Å². The van der Waals surface area contributed by atoms with Crippen molar-refractivity contribution in [3.63, 3.8) is 0 Å². The van der Waals surface area contributed by atoms with Gasteiger partial charge >= 0.3 is 0 Å². The number of furan rings is 1. The number of anilines is 6. The maximum absolute atomic E-state index is 6.11. The van der Waals surface area contributed by atoms with Crippen molar-refractivity contribution in [2.24, 2.45) is 0 Å². The molecule has 4 heterocycles. The van der Waals surface area contributed by atoms with Gasteiger partial charge in [0, 0.05) is 98.0 Å². The quantitative estimate of drug-likeness (QED) is 0.109. The third-order valence-electron chi connectivity index (χ3n) is 23.0. The summed E-state index contributed by atoms with van der Waals surface area (Å²) in [5.74, 6) is 0. The van der Waals surface area contributed by atoms with E-state index in [0.717, 1.165) is 67.2 Å². The van der Waals surface area contributed by atoms with Crippen LogP contribution in [0.15, 0.2) is 429 Å². The molecule has 0 bridgehead atoms. The Balaban J connectivity index is 0.000000145. The van der Waals surface area contributed by atoms with Gasteiger partial charge in [0.25, 0.3) is 0 Å². The smallest absolute Gasteiger partial charge is 0.135 e. The first-order valence-corrected chi connectivity index (χ1v) is 40.5. The molecule has 22 aromatic rings. The van der Waals surface area contributed by atoms with E-state index in [1.54, 1.807) is 0 Å². The molecule has 0 atom stereocenters. The molecular weight excluding hydrogens is 1430 g/mol. The average Bonchev–Trinajstić information content (AvgIpc) is 1.57. The van der Waals surface area contributed by atoms with Crippen molar-refractivity contribution in [2.45, 2.75) is 13.8 Å². The Hall–Kier alpha value is -14.8. The topological polar surface area (TPSA) is 29.5 Å². The second kappa shape index (κ2) is 29.4. The molecule has 548 valence electrons. The lowest BCUT2D eigenvalue weighted by atomic mass is 10.0. The van der Waals surface area contributed by atoms with Gasteiger partial charge in [-0.15, -0.1) is 11.3 Å². The highest BCUT2D eigenvalue weighted by Gasteiger charge is 2.21. The van der Waals surface area contributed by atoms with E-state index in [1.165, 1.54) is 142 Å². The van der Waals surface area contributed by atoms with Crippen LogP contribution in [-0.2, 0) is 0 Å². The fourth-order valence-corrected chi connectivity index (χ4v) is 18.1. The van der Waals surface area contributed by atoms with Crippen LogP contribution in [0.2, 0.25) is 0 Å². The summed E-state index contributed by atoms with van der Waals surface area (Å²) < 4.78 is 13.5. The fraction of sp³-hybridized carbons (Fsp3) is 0.0182. The highest BCUT2D eigenvalue weighted by molar-refractivity contribution is 7.25. The molecule has 0 saturated heterocycles. The summed E-state index contributed by atoms with van der Waals surface area (Å²) >= 11 is 1.86. The molecule has 0 spiro atoms. The zero-order valence-electron chi connectivity index (χ0n) is 64.0. The number of aromatic nitrogens is 2. The zero-order valence-corrected chi connectivity index (χ0v) is 64.8. The SMILES string of the molecule is Cc1ccc(-n2c3ccccc3c3cc(-c4ccc(N(c5ccc(-c6ccccc6)cc5)c5ccc(-c6ccc7oc8ccccc8c7c6)cc5)cc4)ccc32)cc1.Cc1ccc(-n2c3ccccc3c3cc(-c4ccc(N(c5ccc(-c6ccccc6)cc5)c5ccc(-c6ccc7sc8ccccc8c7c6)cc5)cc4)ccc32)cc1. The number of thiophene rings is 1. The molecule has 0 aliphatic heterocycles. The predicted octanol–water partition coefficient (Wildman–Crippen LogP) is 31.4. The largest absolute Gasteiger partial charge is 0.456 e. The first-order valence-electron chi connectivity index (χ1n) is 39.7. The lowest BCUT2D eigenvalue weighted by Gasteiger charge is -2.26. The van der Waals surface area contributed by atoms with E-state index in [1.807, 2.05) is 23.5 Å². The van der Waals surface area contributed by atoms with Crippen LogP contribution in [0.5, 0.6) is 0 Å². The third-order valence-corrected chi connectivity index (χ3v) is 24.1. The molecule has 18 aromatic carbocycles. The summed E-state index contributed by atoms with van der Waals surface area (Å²) in [4.78, 5) is 4.70. The Morgan fingerprint density at radius 1 is 0.198 bits per heavy atom. The number of para-hydroxylation sites is 3. The van der Waals surface area contributed by atoms with E-state index >= 15 is 0 Å². The minimum atomic E-state index is 0.907. The van der Waals surface area contributed by atoms with Gasteiger partial charge in [-0.3, -0.25) is 0 Å². The summed E-state index contributed by atoms with van der Waals surface area (Å²) in [6.07, 6.45) is 0. The monoisotopic (exact) mass is 1500 g/mol. The van der Waals surface area contributed by atoms with Crippen molar-refractivity contribution in [3.8, 4) is 78.1 Å². The van der Waals surface area contributed by atoms with Crippen LogP contribution < -0.4 is 9.80 Å². The lowest BCUT2D eigenvalue weighted by Crippen LogP contribution is -2.09. The Kier molecular flexibility index (Phi) is 17.5. The van der Waals surface area contributed by atoms with Gasteiger partial charge in [-0.05, 0) is 250 Å². The van der Waals surface area contributed by atoms with Crippen LogP contribution in [0.1, 0.15) is 11.1 Å².